The van der Waals surface area contributed by atoms with Crippen molar-refractivity contribution in [3.8, 4) is 34.0 Å². The first kappa shape index (κ1) is 27.8. The van der Waals surface area contributed by atoms with Gasteiger partial charge in [-0.3, -0.25) is 14.9 Å². The number of nitrogens with zero attached hydrogens (tertiary/aromatic N) is 5. The number of H-pyrrole nitrogens is 1. The minimum absolute atomic E-state index is 0.304. The van der Waals surface area contributed by atoms with Crippen molar-refractivity contribution in [2.45, 2.75) is 6.04 Å². The average molecular weight is 586 g/mol. The summed E-state index contributed by atoms with van der Waals surface area (Å²) in [5.74, 6) is 2.22. The van der Waals surface area contributed by atoms with Gasteiger partial charge in [0.15, 0.2) is 17.3 Å². The minimum atomic E-state index is 0.304. The number of nitrogens with two attached hydrogens (primary N) is 1. The van der Waals surface area contributed by atoms with Gasteiger partial charge in [-0.15, -0.1) is 0 Å². The molecule has 7 rings (SSSR count). The lowest BCUT2D eigenvalue weighted by molar-refractivity contribution is 0.0839. The smallest absolute Gasteiger partial charge is 0.162 e. The standard InChI is InChI=1S/C35H35N7O2/c1-41-13-14-42(22-31(41)25-11-12-29-27(18-25)21-37-40-29)15-16-44-33-19-28-30(20-32(33)43-2)38-35(39-34(28)36)26-10-6-9-24(17-26)23-7-4-3-5-8-23/h3-12,17-21,31H,13-16,22H2,1-2H3,(H,37,40)(H2,36,38,39). The van der Waals surface area contributed by atoms with Crippen LogP contribution >= 0.6 is 0 Å². The number of aromatic amines is 1. The van der Waals surface area contributed by atoms with Crippen LogP contribution in [0, 0.1) is 0 Å². The van der Waals surface area contributed by atoms with E-state index < -0.39 is 0 Å². The highest BCUT2D eigenvalue weighted by Crippen LogP contribution is 2.35. The molecule has 1 fully saturated rings. The molecule has 1 atom stereocenters. The van der Waals surface area contributed by atoms with Crippen LogP contribution in [0.2, 0.25) is 0 Å². The molecule has 0 aliphatic carbocycles. The van der Waals surface area contributed by atoms with Gasteiger partial charge in [-0.1, -0.05) is 54.6 Å². The van der Waals surface area contributed by atoms with E-state index in [0.29, 0.717) is 41.3 Å². The zero-order chi connectivity index (χ0) is 30.0. The van der Waals surface area contributed by atoms with Crippen LogP contribution in [-0.4, -0.2) is 76.9 Å². The van der Waals surface area contributed by atoms with E-state index in [-0.39, 0.29) is 0 Å². The predicted molar refractivity (Wildman–Crippen MR) is 175 cm³/mol. The molecule has 3 heterocycles. The van der Waals surface area contributed by atoms with Gasteiger partial charge in [0.25, 0.3) is 0 Å². The fraction of sp³-hybridized carbons (Fsp3) is 0.229. The number of rotatable bonds is 8. The summed E-state index contributed by atoms with van der Waals surface area (Å²) in [7, 11) is 3.83. The summed E-state index contributed by atoms with van der Waals surface area (Å²) in [6.07, 6.45) is 1.88. The quantitative estimate of drug-likeness (QED) is 0.231. The zero-order valence-corrected chi connectivity index (χ0v) is 24.9. The molecule has 0 radical (unpaired) electrons. The molecular weight excluding hydrogens is 550 g/mol. The molecule has 44 heavy (non-hydrogen) atoms. The highest BCUT2D eigenvalue weighted by atomic mass is 16.5. The average Bonchev–Trinajstić information content (AvgIpc) is 3.54. The second-order valence-corrected chi connectivity index (χ2v) is 11.3. The van der Waals surface area contributed by atoms with Gasteiger partial charge in [-0.2, -0.15) is 5.10 Å². The van der Waals surface area contributed by atoms with E-state index in [2.05, 4.69) is 74.5 Å². The molecular formula is C35H35N7O2. The summed E-state index contributed by atoms with van der Waals surface area (Å²) in [5, 5.41) is 9.08. The Morgan fingerprint density at radius 1 is 0.886 bits per heavy atom. The van der Waals surface area contributed by atoms with Gasteiger partial charge in [0, 0.05) is 54.6 Å². The van der Waals surface area contributed by atoms with Gasteiger partial charge < -0.3 is 15.2 Å². The third-order valence-electron chi connectivity index (χ3n) is 8.48. The van der Waals surface area contributed by atoms with E-state index in [0.717, 1.165) is 59.2 Å². The molecule has 1 aliphatic heterocycles. The lowest BCUT2D eigenvalue weighted by Crippen LogP contribution is -2.47. The molecule has 0 bridgehead atoms. The monoisotopic (exact) mass is 585 g/mol. The van der Waals surface area contributed by atoms with E-state index in [1.165, 1.54) is 5.56 Å². The maximum absolute atomic E-state index is 6.49. The normalized spacial score (nSPS) is 16.0. The Balaban J connectivity index is 1.07. The van der Waals surface area contributed by atoms with E-state index in [1.54, 1.807) is 7.11 Å². The molecule has 6 aromatic rings. The highest BCUT2D eigenvalue weighted by Gasteiger charge is 2.26. The Bertz CT molecular complexity index is 1920. The summed E-state index contributed by atoms with van der Waals surface area (Å²) < 4.78 is 12.0. The number of likely N-dealkylation sites (N-methyl/N-ethyl adjacent to an activating group) is 1. The molecule has 0 amide bonds. The fourth-order valence-corrected chi connectivity index (χ4v) is 5.98. The fourth-order valence-electron chi connectivity index (χ4n) is 5.98. The molecule has 4 aromatic carbocycles. The Hall–Kier alpha value is -4.99. The number of anilines is 1. The Morgan fingerprint density at radius 3 is 2.59 bits per heavy atom. The first-order chi connectivity index (χ1) is 21.6. The summed E-state index contributed by atoms with van der Waals surface area (Å²) in [6, 6.07) is 29.0. The predicted octanol–water partition coefficient (Wildman–Crippen LogP) is 5.80. The molecule has 0 saturated carbocycles. The van der Waals surface area contributed by atoms with Crippen LogP contribution in [0.3, 0.4) is 0 Å². The second kappa shape index (κ2) is 11.9. The number of hydrogen-bond donors (Lipinski definition) is 2. The van der Waals surface area contributed by atoms with Crippen molar-refractivity contribution in [3.05, 3.63) is 96.7 Å². The Morgan fingerprint density at radius 2 is 1.73 bits per heavy atom. The molecule has 0 spiro atoms. The summed E-state index contributed by atoms with van der Waals surface area (Å²) in [5.41, 5.74) is 12.7. The van der Waals surface area contributed by atoms with Gasteiger partial charge in [-0.05, 0) is 48.0 Å². The van der Waals surface area contributed by atoms with E-state index in [4.69, 9.17) is 20.2 Å². The number of methoxy groups -OCH3 is 1. The number of ether oxygens (including phenoxy) is 2. The van der Waals surface area contributed by atoms with Crippen LogP contribution in [0.15, 0.2) is 91.1 Å². The molecule has 1 unspecified atom stereocenters. The van der Waals surface area contributed by atoms with Crippen LogP contribution in [0.25, 0.3) is 44.3 Å². The number of nitrogens with one attached hydrogen (secondary N) is 1. The molecule has 9 nitrogen and oxygen atoms in total. The van der Waals surface area contributed by atoms with Crippen molar-refractivity contribution >= 4 is 27.6 Å². The second-order valence-electron chi connectivity index (χ2n) is 11.3. The highest BCUT2D eigenvalue weighted by molar-refractivity contribution is 5.92. The number of aromatic nitrogens is 4. The molecule has 9 heteroatoms. The first-order valence-electron chi connectivity index (χ1n) is 14.9. The molecule has 3 N–H and O–H groups in total. The van der Waals surface area contributed by atoms with Crippen molar-refractivity contribution in [1.29, 1.82) is 0 Å². The van der Waals surface area contributed by atoms with Crippen molar-refractivity contribution in [2.24, 2.45) is 0 Å². The van der Waals surface area contributed by atoms with Crippen molar-refractivity contribution < 1.29 is 9.47 Å². The van der Waals surface area contributed by atoms with Gasteiger partial charge in [0.2, 0.25) is 0 Å². The Kier molecular flexibility index (Phi) is 7.55. The van der Waals surface area contributed by atoms with Gasteiger partial charge >= 0.3 is 0 Å². The van der Waals surface area contributed by atoms with Crippen molar-refractivity contribution in [3.63, 3.8) is 0 Å². The lowest BCUT2D eigenvalue weighted by atomic mass is 10.0. The molecule has 1 aliphatic rings. The van der Waals surface area contributed by atoms with Crippen LogP contribution in [0.4, 0.5) is 5.82 Å². The molecule has 222 valence electrons. The largest absolute Gasteiger partial charge is 0.493 e. The topological polar surface area (TPSA) is 105 Å². The maximum Gasteiger partial charge on any atom is 0.162 e. The number of piperazine rings is 1. The molecule has 2 aromatic heterocycles. The van der Waals surface area contributed by atoms with Crippen LogP contribution in [0.1, 0.15) is 11.6 Å². The SMILES string of the molecule is COc1cc2nc(-c3cccc(-c4ccccc4)c3)nc(N)c2cc1OCCN1CCN(C)C(c2ccc3[nH]ncc3c2)C1. The van der Waals surface area contributed by atoms with Crippen LogP contribution in [-0.2, 0) is 0 Å². The number of benzene rings is 4. The van der Waals surface area contributed by atoms with Crippen LogP contribution < -0.4 is 15.2 Å². The van der Waals surface area contributed by atoms with E-state index in [1.807, 2.05) is 48.7 Å². The number of hydrogen-bond acceptors (Lipinski definition) is 8. The van der Waals surface area contributed by atoms with Gasteiger partial charge in [-0.25, -0.2) is 9.97 Å². The third-order valence-corrected chi connectivity index (χ3v) is 8.48. The van der Waals surface area contributed by atoms with Crippen molar-refractivity contribution in [2.75, 3.05) is 52.7 Å². The summed E-state index contributed by atoms with van der Waals surface area (Å²) in [4.78, 5) is 14.4. The number of fused-ring (bicyclic) bond motifs is 2. The number of nitrogen functional groups attached to an aromatic ring is 1. The summed E-state index contributed by atoms with van der Waals surface area (Å²) in [6.45, 7) is 4.20. The van der Waals surface area contributed by atoms with Gasteiger partial charge in [0.1, 0.15) is 12.4 Å². The minimum Gasteiger partial charge on any atom is -0.493 e. The van der Waals surface area contributed by atoms with Crippen LogP contribution in [0.5, 0.6) is 11.5 Å². The van der Waals surface area contributed by atoms with E-state index >= 15 is 0 Å². The van der Waals surface area contributed by atoms with E-state index in [9.17, 15) is 0 Å². The summed E-state index contributed by atoms with van der Waals surface area (Å²) >= 11 is 0. The lowest BCUT2D eigenvalue weighted by Gasteiger charge is -2.39. The maximum atomic E-state index is 6.49. The zero-order valence-electron chi connectivity index (χ0n) is 24.9. The Labute approximate surface area is 256 Å². The first-order valence-corrected chi connectivity index (χ1v) is 14.9. The van der Waals surface area contributed by atoms with Crippen molar-refractivity contribution in [1.82, 2.24) is 30.0 Å². The van der Waals surface area contributed by atoms with Gasteiger partial charge in [0.05, 0.1) is 24.3 Å². The third kappa shape index (κ3) is 5.55. The molecule has 1 saturated heterocycles.